The highest BCUT2D eigenvalue weighted by molar-refractivity contribution is 9.10. The average Bonchev–Trinajstić information content (AvgIpc) is 2.92. The molecule has 108 valence electrons. The lowest BCUT2D eigenvalue weighted by atomic mass is 10.2. The molecule has 0 bridgehead atoms. The summed E-state index contributed by atoms with van der Waals surface area (Å²) in [6, 6.07) is 9.20. The van der Waals surface area contributed by atoms with Gasteiger partial charge in [-0.2, -0.15) is 8.78 Å². The summed E-state index contributed by atoms with van der Waals surface area (Å²) in [6.07, 6.45) is 0. The van der Waals surface area contributed by atoms with E-state index in [0.29, 0.717) is 12.1 Å². The second kappa shape index (κ2) is 7.15. The molecule has 20 heavy (non-hydrogen) atoms. The summed E-state index contributed by atoms with van der Waals surface area (Å²) in [4.78, 5) is 1.20. The minimum absolute atomic E-state index is 0.161. The first-order valence-electron chi connectivity index (χ1n) is 6.06. The third-order valence-electron chi connectivity index (χ3n) is 2.81. The Morgan fingerprint density at radius 1 is 1.35 bits per heavy atom. The van der Waals surface area contributed by atoms with Crippen LogP contribution in [0.15, 0.2) is 40.2 Å². The molecule has 0 saturated carbocycles. The van der Waals surface area contributed by atoms with Gasteiger partial charge in [0.1, 0.15) is 5.75 Å². The quantitative estimate of drug-likeness (QED) is 0.784. The van der Waals surface area contributed by atoms with Crippen LogP contribution in [0.5, 0.6) is 5.75 Å². The molecule has 0 amide bonds. The van der Waals surface area contributed by atoms with Crippen molar-refractivity contribution in [3.63, 3.8) is 0 Å². The number of hydrogen-bond donors (Lipinski definition) is 1. The van der Waals surface area contributed by atoms with Gasteiger partial charge in [0.25, 0.3) is 0 Å². The van der Waals surface area contributed by atoms with Crippen molar-refractivity contribution in [3.05, 3.63) is 50.6 Å². The van der Waals surface area contributed by atoms with Gasteiger partial charge in [0.15, 0.2) is 0 Å². The number of ether oxygens (including phenoxy) is 1. The van der Waals surface area contributed by atoms with Crippen LogP contribution in [0.25, 0.3) is 0 Å². The summed E-state index contributed by atoms with van der Waals surface area (Å²) in [5.74, 6) is 0.203. The first-order valence-corrected chi connectivity index (χ1v) is 7.73. The minimum atomic E-state index is -2.82. The Labute approximate surface area is 128 Å². The fourth-order valence-electron chi connectivity index (χ4n) is 1.80. The van der Waals surface area contributed by atoms with Gasteiger partial charge in [-0.25, -0.2) is 0 Å². The van der Waals surface area contributed by atoms with Crippen molar-refractivity contribution in [2.75, 3.05) is 0 Å². The van der Waals surface area contributed by atoms with Gasteiger partial charge in [-0.05, 0) is 36.6 Å². The van der Waals surface area contributed by atoms with Gasteiger partial charge in [-0.15, -0.1) is 11.3 Å². The molecule has 0 aliphatic rings. The van der Waals surface area contributed by atoms with Crippen LogP contribution < -0.4 is 10.1 Å². The minimum Gasteiger partial charge on any atom is -0.434 e. The van der Waals surface area contributed by atoms with Gasteiger partial charge in [-0.1, -0.05) is 22.0 Å². The Morgan fingerprint density at radius 3 is 2.80 bits per heavy atom. The number of nitrogens with one attached hydrogen (secondary N) is 1. The SMILES string of the molecule is C[C@H](NCc1cc(Br)ccc1OC(F)F)c1cccs1. The van der Waals surface area contributed by atoms with Gasteiger partial charge in [-0.3, -0.25) is 0 Å². The summed E-state index contributed by atoms with van der Waals surface area (Å²) in [5, 5.41) is 5.32. The maximum Gasteiger partial charge on any atom is 0.387 e. The maximum absolute atomic E-state index is 12.4. The Morgan fingerprint density at radius 2 is 2.15 bits per heavy atom. The third kappa shape index (κ3) is 4.26. The smallest absolute Gasteiger partial charge is 0.387 e. The summed E-state index contributed by atoms with van der Waals surface area (Å²) in [7, 11) is 0. The third-order valence-corrected chi connectivity index (χ3v) is 4.36. The number of hydrogen-bond acceptors (Lipinski definition) is 3. The fourth-order valence-corrected chi connectivity index (χ4v) is 2.97. The monoisotopic (exact) mass is 361 g/mol. The summed E-state index contributed by atoms with van der Waals surface area (Å²) in [6.45, 7) is -0.317. The van der Waals surface area contributed by atoms with Crippen LogP contribution in [-0.4, -0.2) is 6.61 Å². The van der Waals surface area contributed by atoms with Crippen molar-refractivity contribution in [2.24, 2.45) is 0 Å². The fraction of sp³-hybridized carbons (Fsp3) is 0.286. The molecular formula is C14H14BrF2NOS. The van der Waals surface area contributed by atoms with Crippen LogP contribution in [0.2, 0.25) is 0 Å². The van der Waals surface area contributed by atoms with Crippen molar-refractivity contribution in [2.45, 2.75) is 26.1 Å². The van der Waals surface area contributed by atoms with Crippen molar-refractivity contribution in [1.82, 2.24) is 5.32 Å². The van der Waals surface area contributed by atoms with Crippen LogP contribution in [0.1, 0.15) is 23.4 Å². The molecule has 2 nitrogen and oxygen atoms in total. The molecule has 1 atom stereocenters. The highest BCUT2D eigenvalue weighted by Gasteiger charge is 2.12. The zero-order valence-corrected chi connectivity index (χ0v) is 13.2. The van der Waals surface area contributed by atoms with Crippen molar-refractivity contribution in [3.8, 4) is 5.75 Å². The number of thiophene rings is 1. The normalized spacial score (nSPS) is 12.7. The van der Waals surface area contributed by atoms with Crippen LogP contribution >= 0.6 is 27.3 Å². The van der Waals surface area contributed by atoms with Crippen molar-refractivity contribution < 1.29 is 13.5 Å². The van der Waals surface area contributed by atoms with Gasteiger partial charge in [0, 0.05) is 27.5 Å². The number of rotatable bonds is 6. The molecule has 2 rings (SSSR count). The van der Waals surface area contributed by atoms with E-state index in [2.05, 4.69) is 26.0 Å². The molecule has 1 aromatic carbocycles. The van der Waals surface area contributed by atoms with Crippen molar-refractivity contribution in [1.29, 1.82) is 0 Å². The van der Waals surface area contributed by atoms with E-state index in [9.17, 15) is 8.78 Å². The Kier molecular flexibility index (Phi) is 5.51. The Balaban J connectivity index is 2.06. The summed E-state index contributed by atoms with van der Waals surface area (Å²) in [5.41, 5.74) is 0.697. The van der Waals surface area contributed by atoms with E-state index < -0.39 is 6.61 Å². The van der Waals surface area contributed by atoms with Crippen LogP contribution in [0.4, 0.5) is 8.78 Å². The van der Waals surface area contributed by atoms with E-state index in [1.807, 2.05) is 24.4 Å². The van der Waals surface area contributed by atoms with E-state index in [-0.39, 0.29) is 11.8 Å². The Bertz CT molecular complexity index is 548. The first kappa shape index (κ1) is 15.4. The zero-order valence-electron chi connectivity index (χ0n) is 10.8. The molecule has 1 aromatic heterocycles. The topological polar surface area (TPSA) is 21.3 Å². The lowest BCUT2D eigenvalue weighted by molar-refractivity contribution is -0.0505. The van der Waals surface area contributed by atoms with E-state index in [1.165, 1.54) is 4.88 Å². The molecule has 2 aromatic rings. The second-order valence-electron chi connectivity index (χ2n) is 4.25. The molecule has 0 unspecified atom stereocenters. The van der Waals surface area contributed by atoms with Gasteiger partial charge < -0.3 is 10.1 Å². The lowest BCUT2D eigenvalue weighted by Crippen LogP contribution is -2.18. The average molecular weight is 362 g/mol. The van der Waals surface area contributed by atoms with Crippen LogP contribution in [-0.2, 0) is 6.54 Å². The maximum atomic E-state index is 12.4. The standard InChI is InChI=1S/C14H14BrF2NOS/c1-9(13-3-2-6-20-13)18-8-10-7-11(15)4-5-12(10)19-14(16)17/h2-7,9,14,18H,8H2,1H3/t9-/m0/s1. The molecule has 0 fully saturated rings. The zero-order chi connectivity index (χ0) is 14.5. The molecular weight excluding hydrogens is 348 g/mol. The largest absolute Gasteiger partial charge is 0.434 e. The van der Waals surface area contributed by atoms with Crippen LogP contribution in [0, 0.1) is 0 Å². The summed E-state index contributed by atoms with van der Waals surface area (Å²) >= 11 is 5.00. The molecule has 1 N–H and O–H groups in total. The predicted octanol–water partition coefficient (Wildman–Crippen LogP) is 4.96. The van der Waals surface area contributed by atoms with Gasteiger partial charge in [0.2, 0.25) is 0 Å². The summed E-state index contributed by atoms with van der Waals surface area (Å²) < 4.78 is 30.1. The molecule has 0 saturated heterocycles. The first-order chi connectivity index (χ1) is 9.56. The number of benzene rings is 1. The predicted molar refractivity (Wildman–Crippen MR) is 80.3 cm³/mol. The molecule has 0 radical (unpaired) electrons. The number of halogens is 3. The second-order valence-corrected chi connectivity index (χ2v) is 6.14. The molecule has 1 heterocycles. The Hall–Kier alpha value is -0.980. The van der Waals surface area contributed by atoms with E-state index in [4.69, 9.17) is 0 Å². The van der Waals surface area contributed by atoms with Crippen LogP contribution in [0.3, 0.4) is 0 Å². The molecule has 0 aliphatic heterocycles. The van der Waals surface area contributed by atoms with Gasteiger partial charge >= 0.3 is 6.61 Å². The van der Waals surface area contributed by atoms with E-state index >= 15 is 0 Å². The molecule has 0 aliphatic carbocycles. The number of alkyl halides is 2. The van der Waals surface area contributed by atoms with Crippen molar-refractivity contribution >= 4 is 27.3 Å². The van der Waals surface area contributed by atoms with E-state index in [0.717, 1.165) is 4.47 Å². The van der Waals surface area contributed by atoms with Gasteiger partial charge in [0.05, 0.1) is 0 Å². The highest BCUT2D eigenvalue weighted by atomic mass is 79.9. The highest BCUT2D eigenvalue weighted by Crippen LogP contribution is 2.26. The lowest BCUT2D eigenvalue weighted by Gasteiger charge is -2.15. The molecule has 0 spiro atoms. The molecule has 6 heteroatoms. The van der Waals surface area contributed by atoms with E-state index in [1.54, 1.807) is 29.5 Å².